The van der Waals surface area contributed by atoms with Crippen molar-refractivity contribution in [3.05, 3.63) is 68.7 Å². The van der Waals surface area contributed by atoms with Crippen LogP contribution >= 0.6 is 11.3 Å². The van der Waals surface area contributed by atoms with E-state index in [1.54, 1.807) is 31.7 Å². The van der Waals surface area contributed by atoms with E-state index in [1.807, 2.05) is 0 Å². The number of carbonyl (C=O) groups is 1. The topological polar surface area (TPSA) is 51.0 Å². The highest BCUT2D eigenvalue weighted by molar-refractivity contribution is 7.13. The van der Waals surface area contributed by atoms with E-state index in [-0.39, 0.29) is 23.1 Å². The molecule has 12 heteroatoms. The van der Waals surface area contributed by atoms with Crippen LogP contribution in [0.3, 0.4) is 0 Å². The molecule has 32 heavy (non-hydrogen) atoms. The summed E-state index contributed by atoms with van der Waals surface area (Å²) in [5.74, 6) is -0.137. The van der Waals surface area contributed by atoms with Gasteiger partial charge in [0, 0.05) is 26.0 Å². The van der Waals surface area contributed by atoms with E-state index in [9.17, 15) is 31.1 Å². The average Bonchev–Trinajstić information content (AvgIpc) is 3.23. The number of nitrogens with zero attached hydrogens (tertiary/aromatic N) is 4. The first-order chi connectivity index (χ1) is 14.8. The zero-order chi connectivity index (χ0) is 23.8. The van der Waals surface area contributed by atoms with Gasteiger partial charge in [0.2, 0.25) is 0 Å². The maximum Gasteiger partial charge on any atom is 0.416 e. The number of aromatic nitrogens is 3. The van der Waals surface area contributed by atoms with Crippen molar-refractivity contribution in [2.24, 2.45) is 7.05 Å². The summed E-state index contributed by atoms with van der Waals surface area (Å²) in [6.07, 6.45) is -6.86. The lowest BCUT2D eigenvalue weighted by molar-refractivity contribution is -0.143. The van der Waals surface area contributed by atoms with Crippen LogP contribution in [0.15, 0.2) is 30.6 Å². The van der Waals surface area contributed by atoms with Crippen LogP contribution in [-0.4, -0.2) is 25.3 Å². The van der Waals surface area contributed by atoms with E-state index in [0.29, 0.717) is 28.7 Å². The van der Waals surface area contributed by atoms with Crippen molar-refractivity contribution < 1.29 is 31.1 Å². The first-order valence-corrected chi connectivity index (χ1v) is 10.0. The maximum absolute atomic E-state index is 13.2. The molecule has 2 heterocycles. The largest absolute Gasteiger partial charge is 0.416 e. The van der Waals surface area contributed by atoms with E-state index in [0.717, 1.165) is 16.2 Å². The van der Waals surface area contributed by atoms with Crippen LogP contribution in [-0.2, 0) is 32.5 Å². The van der Waals surface area contributed by atoms with Gasteiger partial charge in [-0.1, -0.05) is 0 Å². The second-order valence-electron chi connectivity index (χ2n) is 7.18. The van der Waals surface area contributed by atoms with Gasteiger partial charge in [0.1, 0.15) is 10.7 Å². The SMILES string of the molecule is Cc1nc(C)c(C(=O)N(Cc2cc(C(F)(F)F)cc(C(F)(F)F)c2)Cc2nccn2C)s1. The van der Waals surface area contributed by atoms with Crippen molar-refractivity contribution >= 4 is 17.2 Å². The Morgan fingerprint density at radius 3 is 2.06 bits per heavy atom. The van der Waals surface area contributed by atoms with Gasteiger partial charge in [0.25, 0.3) is 5.91 Å². The molecule has 0 aliphatic carbocycles. The molecule has 0 aliphatic heterocycles. The van der Waals surface area contributed by atoms with Gasteiger partial charge in [-0.2, -0.15) is 26.3 Å². The van der Waals surface area contributed by atoms with Crippen molar-refractivity contribution in [2.75, 3.05) is 0 Å². The van der Waals surface area contributed by atoms with Crippen molar-refractivity contribution in [2.45, 2.75) is 39.3 Å². The lowest BCUT2D eigenvalue weighted by Gasteiger charge is -2.23. The lowest BCUT2D eigenvalue weighted by atomic mass is 10.0. The molecule has 0 N–H and O–H groups in total. The van der Waals surface area contributed by atoms with Gasteiger partial charge < -0.3 is 9.47 Å². The molecule has 172 valence electrons. The quantitative estimate of drug-likeness (QED) is 0.465. The number of hydrogen-bond acceptors (Lipinski definition) is 4. The molecule has 1 amide bonds. The normalized spacial score (nSPS) is 12.3. The summed E-state index contributed by atoms with van der Waals surface area (Å²) < 4.78 is 81.1. The number of benzene rings is 1. The Balaban J connectivity index is 2.05. The summed E-state index contributed by atoms with van der Waals surface area (Å²) in [4.78, 5) is 22.9. The lowest BCUT2D eigenvalue weighted by Crippen LogP contribution is -2.31. The summed E-state index contributed by atoms with van der Waals surface area (Å²) in [6, 6.07) is 1.31. The Morgan fingerprint density at radius 1 is 1.03 bits per heavy atom. The smallest absolute Gasteiger partial charge is 0.337 e. The van der Waals surface area contributed by atoms with Crippen LogP contribution in [0.2, 0.25) is 0 Å². The van der Waals surface area contributed by atoms with Crippen LogP contribution in [0.25, 0.3) is 0 Å². The van der Waals surface area contributed by atoms with Crippen LogP contribution < -0.4 is 0 Å². The van der Waals surface area contributed by atoms with Crippen molar-refractivity contribution in [1.82, 2.24) is 19.4 Å². The highest BCUT2D eigenvalue weighted by Crippen LogP contribution is 2.36. The average molecular weight is 476 g/mol. The first-order valence-electron chi connectivity index (χ1n) is 9.23. The molecule has 0 unspecified atom stereocenters. The third-order valence-corrected chi connectivity index (χ3v) is 5.72. The Bertz CT molecular complexity index is 1100. The maximum atomic E-state index is 13.2. The van der Waals surface area contributed by atoms with Gasteiger partial charge in [0.15, 0.2) is 0 Å². The standard InChI is InChI=1S/C20H18F6N4OS/c1-11-17(32-12(2)28-11)18(31)30(10-16-27-4-5-29(16)3)9-13-6-14(19(21,22)23)8-15(7-13)20(24,25)26/h4-8H,9-10H2,1-3H3. The summed E-state index contributed by atoms with van der Waals surface area (Å²) in [7, 11) is 1.67. The highest BCUT2D eigenvalue weighted by atomic mass is 32.1. The molecule has 0 aliphatic rings. The molecule has 3 aromatic rings. The molecule has 0 saturated heterocycles. The molecule has 0 radical (unpaired) electrons. The first kappa shape index (κ1) is 23.8. The van der Waals surface area contributed by atoms with Gasteiger partial charge >= 0.3 is 12.4 Å². The second kappa shape index (κ2) is 8.57. The predicted molar refractivity (Wildman–Crippen MR) is 105 cm³/mol. The molecule has 0 spiro atoms. The highest BCUT2D eigenvalue weighted by Gasteiger charge is 2.37. The van der Waals surface area contributed by atoms with Gasteiger partial charge in [0.05, 0.1) is 28.4 Å². The van der Waals surface area contributed by atoms with E-state index in [2.05, 4.69) is 9.97 Å². The molecule has 3 rings (SSSR count). The van der Waals surface area contributed by atoms with Gasteiger partial charge in [-0.3, -0.25) is 4.79 Å². The number of thiazole rings is 1. The second-order valence-corrected chi connectivity index (χ2v) is 8.38. The van der Waals surface area contributed by atoms with E-state index in [1.165, 1.54) is 6.20 Å². The van der Waals surface area contributed by atoms with Crippen molar-refractivity contribution in [1.29, 1.82) is 0 Å². The fourth-order valence-corrected chi connectivity index (χ4v) is 4.01. The van der Waals surface area contributed by atoms with Crippen LogP contribution in [0.4, 0.5) is 26.3 Å². The number of halogens is 6. The minimum atomic E-state index is -4.98. The molecular weight excluding hydrogens is 458 g/mol. The molecule has 0 bridgehead atoms. The zero-order valence-electron chi connectivity index (χ0n) is 17.2. The zero-order valence-corrected chi connectivity index (χ0v) is 18.0. The fourth-order valence-electron chi connectivity index (χ4n) is 3.12. The number of imidazole rings is 1. The van der Waals surface area contributed by atoms with E-state index < -0.39 is 35.9 Å². The minimum Gasteiger partial charge on any atom is -0.337 e. The molecule has 2 aromatic heterocycles. The number of amides is 1. The van der Waals surface area contributed by atoms with Gasteiger partial charge in [-0.25, -0.2) is 9.97 Å². The van der Waals surface area contributed by atoms with Crippen molar-refractivity contribution in [3.63, 3.8) is 0 Å². The number of carbonyl (C=O) groups excluding carboxylic acids is 1. The minimum absolute atomic E-state index is 0.0606. The van der Waals surface area contributed by atoms with E-state index >= 15 is 0 Å². The Labute approximate surface area is 183 Å². The Kier molecular flexibility index (Phi) is 6.36. The van der Waals surface area contributed by atoms with Crippen LogP contribution in [0, 0.1) is 13.8 Å². The van der Waals surface area contributed by atoms with Crippen LogP contribution in [0.1, 0.15) is 42.9 Å². The molecule has 0 fully saturated rings. The predicted octanol–water partition coefficient (Wildman–Crippen LogP) is 5.37. The molecular formula is C20H18F6N4OS. The summed E-state index contributed by atoms with van der Waals surface area (Å²) in [6.45, 7) is 2.72. The Hall–Kier alpha value is -2.89. The number of hydrogen-bond donors (Lipinski definition) is 0. The van der Waals surface area contributed by atoms with Gasteiger partial charge in [-0.05, 0) is 37.6 Å². The number of rotatable bonds is 5. The fraction of sp³-hybridized carbons (Fsp3) is 0.350. The van der Waals surface area contributed by atoms with Crippen LogP contribution in [0.5, 0.6) is 0 Å². The molecule has 5 nitrogen and oxygen atoms in total. The van der Waals surface area contributed by atoms with Gasteiger partial charge in [-0.15, -0.1) is 11.3 Å². The van der Waals surface area contributed by atoms with Crippen molar-refractivity contribution in [3.8, 4) is 0 Å². The monoisotopic (exact) mass is 476 g/mol. The molecule has 1 aromatic carbocycles. The molecule has 0 atom stereocenters. The number of aryl methyl sites for hydroxylation is 3. The molecule has 0 saturated carbocycles. The third kappa shape index (κ3) is 5.29. The summed E-state index contributed by atoms with van der Waals surface area (Å²) >= 11 is 1.10. The summed E-state index contributed by atoms with van der Waals surface area (Å²) in [5, 5.41) is 0.612. The Morgan fingerprint density at radius 2 is 1.62 bits per heavy atom. The third-order valence-electron chi connectivity index (χ3n) is 4.66. The number of alkyl halides is 6. The van der Waals surface area contributed by atoms with E-state index in [4.69, 9.17) is 0 Å². The summed E-state index contributed by atoms with van der Waals surface area (Å²) in [5.41, 5.74) is -2.73.